The van der Waals surface area contributed by atoms with E-state index in [0.717, 1.165) is 47.5 Å². The minimum Gasteiger partial charge on any atom is -0.493 e. The lowest BCUT2D eigenvalue weighted by molar-refractivity contribution is 0.0599. The van der Waals surface area contributed by atoms with Crippen molar-refractivity contribution in [1.29, 1.82) is 0 Å². The van der Waals surface area contributed by atoms with Crippen LogP contribution in [0.2, 0.25) is 0 Å². The summed E-state index contributed by atoms with van der Waals surface area (Å²) < 4.78 is 10.9. The van der Waals surface area contributed by atoms with Crippen LogP contribution in [0.5, 0.6) is 5.75 Å². The van der Waals surface area contributed by atoms with Crippen LogP contribution >= 0.6 is 0 Å². The van der Waals surface area contributed by atoms with E-state index in [1.807, 2.05) is 19.2 Å². The Bertz CT molecular complexity index is 1100. The molecule has 6 heteroatoms. The van der Waals surface area contributed by atoms with Crippen LogP contribution in [-0.2, 0) is 17.6 Å². The second kappa shape index (κ2) is 10.5. The zero-order chi connectivity index (χ0) is 23.2. The Morgan fingerprint density at radius 3 is 2.70 bits per heavy atom. The van der Waals surface area contributed by atoms with E-state index in [0.29, 0.717) is 24.5 Å². The van der Waals surface area contributed by atoms with Crippen LogP contribution in [-0.4, -0.2) is 43.4 Å². The number of methoxy groups -OCH3 is 1. The first-order chi connectivity index (χ1) is 16.1. The minimum absolute atomic E-state index is 0.156. The average Bonchev–Trinajstić information content (AvgIpc) is 2.87. The Kier molecular flexibility index (Phi) is 7.25. The molecular formula is C27H30N2O4. The molecule has 2 heterocycles. The lowest BCUT2D eigenvalue weighted by Gasteiger charge is -2.28. The van der Waals surface area contributed by atoms with Crippen LogP contribution in [0, 0.1) is 0 Å². The predicted molar refractivity (Wildman–Crippen MR) is 128 cm³/mol. The molecule has 2 aromatic carbocycles. The fourth-order valence-corrected chi connectivity index (χ4v) is 4.39. The number of nitrogens with zero attached hydrogens (tertiary/aromatic N) is 2. The smallest absolute Gasteiger partial charge is 0.338 e. The molecule has 4 rings (SSSR count). The molecule has 0 saturated heterocycles. The number of carbonyl (C=O) groups is 1. The number of fused-ring (bicyclic) bond motifs is 1. The van der Waals surface area contributed by atoms with Gasteiger partial charge in [0.15, 0.2) is 0 Å². The van der Waals surface area contributed by atoms with Gasteiger partial charge in [0.2, 0.25) is 0 Å². The predicted octanol–water partition coefficient (Wildman–Crippen LogP) is 4.67. The lowest BCUT2D eigenvalue weighted by atomic mass is 9.87. The van der Waals surface area contributed by atoms with Crippen molar-refractivity contribution in [2.45, 2.75) is 31.6 Å². The first-order valence-corrected chi connectivity index (χ1v) is 11.3. The van der Waals surface area contributed by atoms with Gasteiger partial charge in [-0.25, -0.2) is 4.79 Å². The molecule has 0 radical (unpaired) electrons. The maximum atomic E-state index is 12.1. The highest BCUT2D eigenvalue weighted by molar-refractivity contribution is 5.90. The van der Waals surface area contributed by atoms with Gasteiger partial charge < -0.3 is 19.5 Å². The maximum absolute atomic E-state index is 12.1. The highest BCUT2D eigenvalue weighted by Gasteiger charge is 2.23. The topological polar surface area (TPSA) is 71.9 Å². The van der Waals surface area contributed by atoms with E-state index in [9.17, 15) is 4.79 Å². The third-order valence-corrected chi connectivity index (χ3v) is 6.34. The zero-order valence-electron chi connectivity index (χ0n) is 19.2. The molecule has 1 atom stereocenters. The highest BCUT2D eigenvalue weighted by atomic mass is 16.5. The van der Waals surface area contributed by atoms with Crippen LogP contribution in [0.25, 0.3) is 0 Å². The van der Waals surface area contributed by atoms with E-state index in [1.54, 1.807) is 18.5 Å². The van der Waals surface area contributed by atoms with Gasteiger partial charge in [0.05, 0.1) is 19.3 Å². The van der Waals surface area contributed by atoms with Gasteiger partial charge in [0.1, 0.15) is 5.75 Å². The molecule has 172 valence electrons. The van der Waals surface area contributed by atoms with Gasteiger partial charge in [-0.15, -0.1) is 0 Å². The Hall–Kier alpha value is -3.38. The average molecular weight is 447 g/mol. The molecule has 1 N–H and O–H groups in total. The van der Waals surface area contributed by atoms with Crippen LogP contribution in [0.3, 0.4) is 0 Å². The summed E-state index contributed by atoms with van der Waals surface area (Å²) in [6, 6.07) is 16.4. The number of rotatable bonds is 8. The Morgan fingerprint density at radius 1 is 1.15 bits per heavy atom. The molecular weight excluding hydrogens is 416 g/mol. The van der Waals surface area contributed by atoms with Gasteiger partial charge in [0, 0.05) is 43.5 Å². The summed E-state index contributed by atoms with van der Waals surface area (Å²) in [5.74, 6) is 0.959. The van der Waals surface area contributed by atoms with Crippen molar-refractivity contribution < 1.29 is 19.4 Å². The molecule has 1 aliphatic heterocycles. The fourth-order valence-electron chi connectivity index (χ4n) is 4.39. The number of pyridine rings is 1. The number of esters is 1. The summed E-state index contributed by atoms with van der Waals surface area (Å²) in [5, 5.41) is 9.11. The normalized spacial score (nSPS) is 14.8. The summed E-state index contributed by atoms with van der Waals surface area (Å²) in [7, 11) is 3.44. The number of anilines is 2. The zero-order valence-corrected chi connectivity index (χ0v) is 19.2. The number of aryl methyl sites for hydroxylation is 1. The third kappa shape index (κ3) is 5.17. The van der Waals surface area contributed by atoms with Gasteiger partial charge in [-0.1, -0.05) is 18.2 Å². The van der Waals surface area contributed by atoms with Crippen LogP contribution < -0.4 is 9.64 Å². The van der Waals surface area contributed by atoms with Crippen molar-refractivity contribution >= 4 is 17.3 Å². The Balaban J connectivity index is 1.49. The van der Waals surface area contributed by atoms with Crippen molar-refractivity contribution in [2.75, 3.05) is 32.3 Å². The molecule has 0 fully saturated rings. The quantitative estimate of drug-likeness (QED) is 0.507. The molecule has 1 aromatic heterocycles. The number of benzene rings is 2. The van der Waals surface area contributed by atoms with Crippen molar-refractivity contribution in [3.05, 3.63) is 83.2 Å². The number of aromatic nitrogens is 1. The van der Waals surface area contributed by atoms with Crippen molar-refractivity contribution in [1.82, 2.24) is 4.98 Å². The van der Waals surface area contributed by atoms with Gasteiger partial charge in [-0.3, -0.25) is 4.98 Å². The fraction of sp³-hybridized carbons (Fsp3) is 0.333. The second-order valence-electron chi connectivity index (χ2n) is 8.32. The molecule has 0 saturated carbocycles. The summed E-state index contributed by atoms with van der Waals surface area (Å²) in [4.78, 5) is 18.4. The molecule has 0 unspecified atom stereocenters. The second-order valence-corrected chi connectivity index (χ2v) is 8.32. The van der Waals surface area contributed by atoms with Gasteiger partial charge in [-0.05, 0) is 72.6 Å². The number of ether oxygens (including phenoxy) is 2. The number of aliphatic hydroxyl groups is 1. The third-order valence-electron chi connectivity index (χ3n) is 6.34. The summed E-state index contributed by atoms with van der Waals surface area (Å²) in [6.45, 7) is 0.834. The van der Waals surface area contributed by atoms with E-state index < -0.39 is 0 Å². The van der Waals surface area contributed by atoms with E-state index in [4.69, 9.17) is 14.6 Å². The molecule has 6 nitrogen and oxygen atoms in total. The van der Waals surface area contributed by atoms with Crippen molar-refractivity contribution in [3.63, 3.8) is 0 Å². The minimum atomic E-state index is -0.322. The number of hydrogen-bond acceptors (Lipinski definition) is 6. The van der Waals surface area contributed by atoms with Gasteiger partial charge >= 0.3 is 5.97 Å². The molecule has 1 aliphatic rings. The Labute approximate surface area is 194 Å². The van der Waals surface area contributed by atoms with E-state index in [-0.39, 0.29) is 12.6 Å². The molecule has 0 amide bonds. The Morgan fingerprint density at radius 2 is 1.94 bits per heavy atom. The van der Waals surface area contributed by atoms with Crippen LogP contribution in [0.15, 0.2) is 60.9 Å². The van der Waals surface area contributed by atoms with Crippen LogP contribution in [0.4, 0.5) is 11.4 Å². The van der Waals surface area contributed by atoms with Gasteiger partial charge in [0.25, 0.3) is 0 Å². The first kappa shape index (κ1) is 22.8. The maximum Gasteiger partial charge on any atom is 0.338 e. The highest BCUT2D eigenvalue weighted by Crippen LogP contribution is 2.39. The standard InChI is InChI=1S/C27H30N2O4/c1-29(22-7-3-19(4-8-22)12-15-30)23-9-10-24-20(13-16-33-26(24)17-23)5-6-21-18-28-14-11-25(21)27(31)32-2/h3-4,7-11,14,17-18,20,30H,5-6,12-13,15-16H2,1-2H3/t20-/m1/s1. The van der Waals surface area contributed by atoms with Crippen LogP contribution in [0.1, 0.15) is 45.8 Å². The first-order valence-electron chi connectivity index (χ1n) is 11.3. The molecule has 3 aromatic rings. The molecule has 33 heavy (non-hydrogen) atoms. The number of aliphatic hydroxyl groups excluding tert-OH is 1. The number of carbonyl (C=O) groups excluding carboxylic acids is 1. The molecule has 0 aliphatic carbocycles. The van der Waals surface area contributed by atoms with E-state index >= 15 is 0 Å². The molecule has 0 spiro atoms. The van der Waals surface area contributed by atoms with Gasteiger partial charge in [-0.2, -0.15) is 0 Å². The summed E-state index contributed by atoms with van der Waals surface area (Å²) in [6.07, 6.45) is 6.66. The van der Waals surface area contributed by atoms with Crippen molar-refractivity contribution in [3.8, 4) is 5.75 Å². The summed E-state index contributed by atoms with van der Waals surface area (Å²) >= 11 is 0. The van der Waals surface area contributed by atoms with Crippen molar-refractivity contribution in [2.24, 2.45) is 0 Å². The monoisotopic (exact) mass is 446 g/mol. The molecule has 0 bridgehead atoms. The lowest BCUT2D eigenvalue weighted by Crippen LogP contribution is -2.17. The van der Waals surface area contributed by atoms with E-state index in [2.05, 4.69) is 40.2 Å². The van der Waals surface area contributed by atoms with E-state index in [1.165, 1.54) is 12.7 Å². The SMILES string of the molecule is COC(=O)c1ccncc1CC[C@@H]1CCOc2cc(N(C)c3ccc(CCO)cc3)ccc21. The largest absolute Gasteiger partial charge is 0.493 e. The number of hydrogen-bond donors (Lipinski definition) is 1. The summed E-state index contributed by atoms with van der Waals surface area (Å²) in [5.41, 5.74) is 5.97.